The van der Waals surface area contributed by atoms with Gasteiger partial charge in [-0.15, -0.1) is 0 Å². The number of carbonyl (C=O) groups excluding carboxylic acids is 1. The van der Waals surface area contributed by atoms with Gasteiger partial charge in [0.15, 0.2) is 6.04 Å². The summed E-state index contributed by atoms with van der Waals surface area (Å²) in [7, 11) is 0. The van der Waals surface area contributed by atoms with Crippen LogP contribution in [0, 0.1) is 6.92 Å². The predicted octanol–water partition coefficient (Wildman–Crippen LogP) is 1.38. The van der Waals surface area contributed by atoms with Crippen LogP contribution in [0.15, 0.2) is 18.5 Å². The van der Waals surface area contributed by atoms with Crippen LogP contribution in [0.2, 0.25) is 0 Å². The second-order valence-electron chi connectivity index (χ2n) is 4.12. The summed E-state index contributed by atoms with van der Waals surface area (Å²) >= 11 is 0. The molecule has 1 atom stereocenters. The predicted molar refractivity (Wildman–Crippen MR) is 62.4 cm³/mol. The van der Waals surface area contributed by atoms with Crippen molar-refractivity contribution < 1.29 is 14.7 Å². The Morgan fingerprint density at radius 3 is 2.59 bits per heavy atom. The van der Waals surface area contributed by atoms with Crippen molar-refractivity contribution in [1.29, 1.82) is 0 Å². The van der Waals surface area contributed by atoms with Gasteiger partial charge < -0.3 is 10.0 Å². The summed E-state index contributed by atoms with van der Waals surface area (Å²) in [5, 5.41) is 9.27. The molecule has 0 aliphatic carbocycles. The molecule has 0 aliphatic heterocycles. The summed E-state index contributed by atoms with van der Waals surface area (Å²) in [5.41, 5.74) is 1.35. The molecule has 92 valence electrons. The Bertz CT molecular complexity index is 418. The minimum absolute atomic E-state index is 0.187. The molecule has 0 radical (unpaired) electrons. The molecule has 1 amide bonds. The number of aliphatic carboxylic acids is 1. The maximum atomic E-state index is 11.3. The number of rotatable bonds is 5. The van der Waals surface area contributed by atoms with E-state index in [1.54, 1.807) is 33.0 Å². The molecule has 0 aromatic carbocycles. The highest BCUT2D eigenvalue weighted by Gasteiger charge is 2.29. The van der Waals surface area contributed by atoms with E-state index in [2.05, 4.69) is 4.98 Å². The summed E-state index contributed by atoms with van der Waals surface area (Å²) in [5.74, 6) is -1.05. The first kappa shape index (κ1) is 13.2. The van der Waals surface area contributed by atoms with Gasteiger partial charge in [0.25, 0.3) is 0 Å². The fourth-order valence-electron chi connectivity index (χ4n) is 1.66. The maximum Gasteiger partial charge on any atom is 0.331 e. The number of carboxylic acid groups (broad SMARTS) is 1. The second kappa shape index (κ2) is 5.43. The zero-order chi connectivity index (χ0) is 13.0. The number of hydrogen-bond acceptors (Lipinski definition) is 3. The van der Waals surface area contributed by atoms with Crippen molar-refractivity contribution in [3.05, 3.63) is 29.6 Å². The van der Waals surface area contributed by atoms with Gasteiger partial charge in [-0.2, -0.15) is 0 Å². The molecular weight excluding hydrogens is 220 g/mol. The Morgan fingerprint density at radius 2 is 2.18 bits per heavy atom. The molecule has 1 heterocycles. The van der Waals surface area contributed by atoms with E-state index >= 15 is 0 Å². The van der Waals surface area contributed by atoms with E-state index in [9.17, 15) is 14.7 Å². The SMILES string of the molecule is Cc1ccncc1C(C(=O)O)N(C=O)C(C)C. The summed E-state index contributed by atoms with van der Waals surface area (Å²) in [6, 6.07) is 0.559. The van der Waals surface area contributed by atoms with Crippen molar-refractivity contribution in [1.82, 2.24) is 9.88 Å². The Labute approximate surface area is 100 Å². The van der Waals surface area contributed by atoms with E-state index in [-0.39, 0.29) is 6.04 Å². The van der Waals surface area contributed by atoms with Gasteiger partial charge in [0.1, 0.15) is 0 Å². The molecule has 1 rings (SSSR count). The van der Waals surface area contributed by atoms with E-state index < -0.39 is 12.0 Å². The number of hydrogen-bond donors (Lipinski definition) is 1. The van der Waals surface area contributed by atoms with Gasteiger partial charge in [0.2, 0.25) is 6.41 Å². The van der Waals surface area contributed by atoms with Crippen LogP contribution < -0.4 is 0 Å². The number of aryl methyl sites for hydroxylation is 1. The van der Waals surface area contributed by atoms with Gasteiger partial charge in [0, 0.05) is 24.0 Å². The third-order valence-corrected chi connectivity index (χ3v) is 2.62. The molecule has 5 nitrogen and oxygen atoms in total. The molecule has 0 spiro atoms. The van der Waals surface area contributed by atoms with E-state index in [1.165, 1.54) is 11.1 Å². The van der Waals surface area contributed by atoms with Crippen molar-refractivity contribution >= 4 is 12.4 Å². The van der Waals surface area contributed by atoms with E-state index in [1.807, 2.05) is 0 Å². The molecule has 1 N–H and O–H groups in total. The largest absolute Gasteiger partial charge is 0.479 e. The Balaban J connectivity index is 3.22. The third-order valence-electron chi connectivity index (χ3n) is 2.62. The fourth-order valence-corrected chi connectivity index (χ4v) is 1.66. The number of aromatic nitrogens is 1. The van der Waals surface area contributed by atoms with Crippen LogP contribution in [0.1, 0.15) is 31.0 Å². The average molecular weight is 236 g/mol. The van der Waals surface area contributed by atoms with Gasteiger partial charge >= 0.3 is 5.97 Å². The Morgan fingerprint density at radius 1 is 1.53 bits per heavy atom. The molecular formula is C12H16N2O3. The number of amides is 1. The monoisotopic (exact) mass is 236 g/mol. The highest BCUT2D eigenvalue weighted by Crippen LogP contribution is 2.24. The van der Waals surface area contributed by atoms with E-state index in [0.29, 0.717) is 12.0 Å². The topological polar surface area (TPSA) is 70.5 Å². The summed E-state index contributed by atoms with van der Waals surface area (Å²) < 4.78 is 0. The minimum Gasteiger partial charge on any atom is -0.479 e. The summed E-state index contributed by atoms with van der Waals surface area (Å²) in [6.45, 7) is 5.35. The molecule has 0 bridgehead atoms. The van der Waals surface area contributed by atoms with Gasteiger partial charge in [-0.3, -0.25) is 9.78 Å². The molecule has 5 heteroatoms. The summed E-state index contributed by atoms with van der Waals surface area (Å²) in [6.07, 6.45) is 3.65. The van der Waals surface area contributed by atoms with Gasteiger partial charge in [-0.1, -0.05) is 0 Å². The maximum absolute atomic E-state index is 11.3. The van der Waals surface area contributed by atoms with E-state index in [4.69, 9.17) is 0 Å². The third kappa shape index (κ3) is 2.81. The Kier molecular flexibility index (Phi) is 4.20. The normalized spacial score (nSPS) is 12.2. The van der Waals surface area contributed by atoms with Crippen molar-refractivity contribution in [3.63, 3.8) is 0 Å². The Hall–Kier alpha value is -1.91. The number of nitrogens with zero attached hydrogens (tertiary/aromatic N) is 2. The number of carboxylic acids is 1. The van der Waals surface area contributed by atoms with Crippen LogP contribution >= 0.6 is 0 Å². The van der Waals surface area contributed by atoms with Gasteiger partial charge in [-0.05, 0) is 32.4 Å². The molecule has 0 saturated carbocycles. The minimum atomic E-state index is -1.05. The van der Waals surface area contributed by atoms with Crippen LogP contribution in [0.5, 0.6) is 0 Å². The number of pyridine rings is 1. The lowest BCUT2D eigenvalue weighted by atomic mass is 10.0. The molecule has 0 aliphatic rings. The first-order valence-electron chi connectivity index (χ1n) is 5.35. The molecule has 1 aromatic heterocycles. The van der Waals surface area contributed by atoms with Crippen molar-refractivity contribution in [3.8, 4) is 0 Å². The molecule has 0 saturated heterocycles. The molecule has 1 unspecified atom stereocenters. The first-order valence-corrected chi connectivity index (χ1v) is 5.35. The quantitative estimate of drug-likeness (QED) is 0.784. The van der Waals surface area contributed by atoms with Crippen molar-refractivity contribution in [2.45, 2.75) is 32.9 Å². The lowest BCUT2D eigenvalue weighted by Gasteiger charge is -2.29. The van der Waals surface area contributed by atoms with Gasteiger partial charge in [-0.25, -0.2) is 4.79 Å². The standard InChI is InChI=1S/C12H16N2O3/c1-8(2)14(7-15)11(12(16)17)10-6-13-5-4-9(10)3/h4-8,11H,1-3H3,(H,16,17). The van der Waals surface area contributed by atoms with Crippen LogP contribution in [0.25, 0.3) is 0 Å². The van der Waals surface area contributed by atoms with Crippen molar-refractivity contribution in [2.24, 2.45) is 0 Å². The molecule has 0 fully saturated rings. The van der Waals surface area contributed by atoms with E-state index in [0.717, 1.165) is 5.56 Å². The second-order valence-corrected chi connectivity index (χ2v) is 4.12. The first-order chi connectivity index (χ1) is 7.99. The van der Waals surface area contributed by atoms with Crippen LogP contribution in [-0.4, -0.2) is 33.4 Å². The van der Waals surface area contributed by atoms with Gasteiger partial charge in [0.05, 0.1) is 0 Å². The zero-order valence-electron chi connectivity index (χ0n) is 10.1. The molecule has 1 aromatic rings. The highest BCUT2D eigenvalue weighted by molar-refractivity contribution is 5.78. The van der Waals surface area contributed by atoms with Crippen LogP contribution in [0.4, 0.5) is 0 Å². The molecule has 17 heavy (non-hydrogen) atoms. The highest BCUT2D eigenvalue weighted by atomic mass is 16.4. The lowest BCUT2D eigenvalue weighted by molar-refractivity contribution is -0.148. The smallest absolute Gasteiger partial charge is 0.331 e. The van der Waals surface area contributed by atoms with Crippen LogP contribution in [0.3, 0.4) is 0 Å². The summed E-state index contributed by atoms with van der Waals surface area (Å²) in [4.78, 5) is 27.5. The fraction of sp³-hybridized carbons (Fsp3) is 0.417. The lowest BCUT2D eigenvalue weighted by Crippen LogP contribution is -2.38. The van der Waals surface area contributed by atoms with Crippen LogP contribution in [-0.2, 0) is 9.59 Å². The average Bonchev–Trinajstić information content (AvgIpc) is 2.26. The number of carbonyl (C=O) groups is 2. The zero-order valence-corrected chi connectivity index (χ0v) is 10.1. The van der Waals surface area contributed by atoms with Crippen molar-refractivity contribution in [2.75, 3.05) is 0 Å².